The van der Waals surface area contributed by atoms with Gasteiger partial charge in [0.2, 0.25) is 5.91 Å². The molecule has 104 valence electrons. The third-order valence-electron chi connectivity index (χ3n) is 3.69. The first-order chi connectivity index (χ1) is 9.06. The van der Waals surface area contributed by atoms with Crippen LogP contribution in [0.25, 0.3) is 0 Å². The zero-order valence-corrected chi connectivity index (χ0v) is 11.6. The summed E-state index contributed by atoms with van der Waals surface area (Å²) in [5.41, 5.74) is 0.727. The van der Waals surface area contributed by atoms with E-state index in [2.05, 4.69) is 4.90 Å². The molecule has 1 unspecified atom stereocenters. The number of benzene rings is 1. The van der Waals surface area contributed by atoms with E-state index in [1.807, 2.05) is 26.2 Å². The summed E-state index contributed by atoms with van der Waals surface area (Å²) in [4.78, 5) is 15.4. The number of piperidine rings is 1. The number of likely N-dealkylation sites (tertiary alicyclic amines) is 1. The van der Waals surface area contributed by atoms with Crippen LogP contribution >= 0.6 is 0 Å². The fraction of sp³-hybridized carbons (Fsp3) is 0.533. The molecular weight excluding hydrogens is 243 g/mol. The molecule has 0 saturated carbocycles. The van der Waals surface area contributed by atoms with Crippen LogP contribution in [0.1, 0.15) is 18.4 Å². The number of amides is 1. The van der Waals surface area contributed by atoms with Crippen LogP contribution in [0.15, 0.2) is 24.3 Å². The van der Waals surface area contributed by atoms with Gasteiger partial charge in [-0.2, -0.15) is 0 Å². The van der Waals surface area contributed by atoms with Gasteiger partial charge in [0.05, 0.1) is 0 Å². The Hall–Kier alpha value is -1.42. The van der Waals surface area contributed by atoms with Gasteiger partial charge in [-0.25, -0.2) is 4.39 Å². The SMILES string of the molecule is CN(Cc1ccccc1F)CC1CCC(=O)N(C)C1. The lowest BCUT2D eigenvalue weighted by molar-refractivity contribution is -0.133. The molecule has 1 fully saturated rings. The third kappa shape index (κ3) is 3.77. The average molecular weight is 264 g/mol. The van der Waals surface area contributed by atoms with Gasteiger partial charge in [0, 0.05) is 38.7 Å². The van der Waals surface area contributed by atoms with Crippen LogP contribution in [0.2, 0.25) is 0 Å². The lowest BCUT2D eigenvalue weighted by Gasteiger charge is -2.32. The molecule has 3 nitrogen and oxygen atoms in total. The van der Waals surface area contributed by atoms with Crippen LogP contribution in [-0.2, 0) is 11.3 Å². The molecule has 0 radical (unpaired) electrons. The minimum atomic E-state index is -0.148. The van der Waals surface area contributed by atoms with Crippen molar-refractivity contribution >= 4 is 5.91 Å². The van der Waals surface area contributed by atoms with Crippen LogP contribution in [0.3, 0.4) is 0 Å². The van der Waals surface area contributed by atoms with Gasteiger partial charge in [-0.15, -0.1) is 0 Å². The molecule has 19 heavy (non-hydrogen) atoms. The Balaban J connectivity index is 1.86. The molecule has 1 aliphatic heterocycles. The van der Waals surface area contributed by atoms with Gasteiger partial charge in [0.15, 0.2) is 0 Å². The summed E-state index contributed by atoms with van der Waals surface area (Å²) >= 11 is 0. The van der Waals surface area contributed by atoms with E-state index in [0.717, 1.165) is 25.1 Å². The number of hydrogen-bond donors (Lipinski definition) is 0. The van der Waals surface area contributed by atoms with E-state index in [9.17, 15) is 9.18 Å². The molecule has 0 spiro atoms. The Labute approximate surface area is 114 Å². The first-order valence-corrected chi connectivity index (χ1v) is 6.72. The highest BCUT2D eigenvalue weighted by Crippen LogP contribution is 2.18. The summed E-state index contributed by atoms with van der Waals surface area (Å²) in [6, 6.07) is 6.89. The van der Waals surface area contributed by atoms with E-state index in [4.69, 9.17) is 0 Å². The summed E-state index contributed by atoms with van der Waals surface area (Å²) in [5.74, 6) is 0.567. The Kier molecular flexibility index (Phi) is 4.53. The largest absolute Gasteiger partial charge is 0.345 e. The van der Waals surface area contributed by atoms with Crippen LogP contribution in [0.5, 0.6) is 0 Å². The molecule has 4 heteroatoms. The van der Waals surface area contributed by atoms with Crippen molar-refractivity contribution in [2.24, 2.45) is 5.92 Å². The highest BCUT2D eigenvalue weighted by atomic mass is 19.1. The molecule has 0 aromatic heterocycles. The Bertz CT molecular complexity index is 450. The van der Waals surface area contributed by atoms with Gasteiger partial charge in [-0.3, -0.25) is 4.79 Å². The number of nitrogens with zero attached hydrogens (tertiary/aromatic N) is 2. The van der Waals surface area contributed by atoms with Gasteiger partial charge < -0.3 is 9.80 Å². The molecule has 1 amide bonds. The third-order valence-corrected chi connectivity index (χ3v) is 3.69. The maximum atomic E-state index is 13.6. The van der Waals surface area contributed by atoms with Crippen LogP contribution in [0.4, 0.5) is 4.39 Å². The van der Waals surface area contributed by atoms with Crippen molar-refractivity contribution in [3.05, 3.63) is 35.6 Å². The van der Waals surface area contributed by atoms with Crippen LogP contribution in [-0.4, -0.2) is 42.9 Å². The minimum Gasteiger partial charge on any atom is -0.345 e. The highest BCUT2D eigenvalue weighted by Gasteiger charge is 2.23. The van der Waals surface area contributed by atoms with Crippen molar-refractivity contribution in [3.63, 3.8) is 0 Å². The molecule has 1 aromatic carbocycles. The molecule has 1 atom stereocenters. The van der Waals surface area contributed by atoms with Gasteiger partial charge in [-0.05, 0) is 25.5 Å². The van der Waals surface area contributed by atoms with Gasteiger partial charge in [-0.1, -0.05) is 18.2 Å². The van der Waals surface area contributed by atoms with E-state index in [1.165, 1.54) is 6.07 Å². The summed E-state index contributed by atoms with van der Waals surface area (Å²) < 4.78 is 13.6. The number of hydrogen-bond acceptors (Lipinski definition) is 2. The van der Waals surface area contributed by atoms with E-state index in [-0.39, 0.29) is 11.7 Å². The number of rotatable bonds is 4. The predicted molar refractivity (Wildman–Crippen MR) is 73.1 cm³/mol. The maximum Gasteiger partial charge on any atom is 0.222 e. The summed E-state index contributed by atoms with van der Waals surface area (Å²) in [7, 11) is 3.86. The summed E-state index contributed by atoms with van der Waals surface area (Å²) in [5, 5.41) is 0. The van der Waals surface area contributed by atoms with Crippen molar-refractivity contribution in [2.75, 3.05) is 27.2 Å². The first kappa shape index (κ1) is 14.0. The normalized spacial score (nSPS) is 20.1. The molecule has 0 aliphatic carbocycles. The Morgan fingerprint density at radius 1 is 1.42 bits per heavy atom. The predicted octanol–water partition coefficient (Wildman–Crippen LogP) is 2.13. The summed E-state index contributed by atoms with van der Waals surface area (Å²) in [6.45, 7) is 2.31. The van der Waals surface area contributed by atoms with E-state index in [1.54, 1.807) is 11.0 Å². The fourth-order valence-corrected chi connectivity index (χ4v) is 2.67. The molecule has 2 rings (SSSR count). The zero-order valence-electron chi connectivity index (χ0n) is 11.6. The van der Waals surface area contributed by atoms with Crippen molar-refractivity contribution < 1.29 is 9.18 Å². The lowest BCUT2D eigenvalue weighted by atomic mass is 9.97. The lowest BCUT2D eigenvalue weighted by Crippen LogP contribution is -2.41. The second-order valence-corrected chi connectivity index (χ2v) is 5.47. The topological polar surface area (TPSA) is 23.6 Å². The molecule has 0 N–H and O–H groups in total. The van der Waals surface area contributed by atoms with Crippen LogP contribution in [0, 0.1) is 11.7 Å². The number of halogens is 1. The second kappa shape index (κ2) is 6.15. The van der Waals surface area contributed by atoms with E-state index in [0.29, 0.717) is 18.9 Å². The molecular formula is C15H21FN2O. The van der Waals surface area contributed by atoms with Crippen molar-refractivity contribution in [1.82, 2.24) is 9.80 Å². The van der Waals surface area contributed by atoms with E-state index < -0.39 is 0 Å². The van der Waals surface area contributed by atoms with Gasteiger partial charge in [0.25, 0.3) is 0 Å². The van der Waals surface area contributed by atoms with E-state index >= 15 is 0 Å². The number of carbonyl (C=O) groups is 1. The molecule has 1 aromatic rings. The van der Waals surface area contributed by atoms with Gasteiger partial charge >= 0.3 is 0 Å². The molecule has 1 aliphatic rings. The quantitative estimate of drug-likeness (QED) is 0.831. The second-order valence-electron chi connectivity index (χ2n) is 5.47. The molecule has 0 bridgehead atoms. The van der Waals surface area contributed by atoms with Gasteiger partial charge in [0.1, 0.15) is 5.82 Å². The Morgan fingerprint density at radius 3 is 2.84 bits per heavy atom. The van der Waals surface area contributed by atoms with Crippen molar-refractivity contribution in [2.45, 2.75) is 19.4 Å². The number of carbonyl (C=O) groups excluding carboxylic acids is 1. The highest BCUT2D eigenvalue weighted by molar-refractivity contribution is 5.76. The van der Waals surface area contributed by atoms with Crippen LogP contribution < -0.4 is 0 Å². The Morgan fingerprint density at radius 2 is 2.16 bits per heavy atom. The molecule has 1 saturated heterocycles. The average Bonchev–Trinajstić information content (AvgIpc) is 2.37. The first-order valence-electron chi connectivity index (χ1n) is 6.72. The fourth-order valence-electron chi connectivity index (χ4n) is 2.67. The minimum absolute atomic E-state index is 0.148. The monoisotopic (exact) mass is 264 g/mol. The maximum absolute atomic E-state index is 13.6. The zero-order chi connectivity index (χ0) is 13.8. The summed E-state index contributed by atoms with van der Waals surface area (Å²) in [6.07, 6.45) is 1.57. The van der Waals surface area contributed by atoms with Crippen molar-refractivity contribution in [1.29, 1.82) is 0 Å². The molecule has 1 heterocycles. The van der Waals surface area contributed by atoms with Crippen molar-refractivity contribution in [3.8, 4) is 0 Å². The smallest absolute Gasteiger partial charge is 0.222 e. The standard InChI is InChI=1S/C15H21FN2O/c1-17(11-13-5-3-4-6-14(13)16)9-12-7-8-15(19)18(2)10-12/h3-6,12H,7-11H2,1-2H3.